The summed E-state index contributed by atoms with van der Waals surface area (Å²) in [6, 6.07) is 14.7. The summed E-state index contributed by atoms with van der Waals surface area (Å²) in [6.07, 6.45) is 2.25. The zero-order valence-electron chi connectivity index (χ0n) is 15.5. The molecular formula is C21H24N2O4. The fraction of sp³-hybridized carbons (Fsp3) is 0.333. The topological polar surface area (TPSA) is 76.7 Å². The lowest BCUT2D eigenvalue weighted by molar-refractivity contribution is -0.120. The van der Waals surface area contributed by atoms with E-state index in [1.807, 2.05) is 24.3 Å². The SMILES string of the molecule is COC(=O)c1ccc(NCC(=O)NC(c2ccc(OC)cc2)C2CC2)cc1. The minimum Gasteiger partial charge on any atom is -0.497 e. The summed E-state index contributed by atoms with van der Waals surface area (Å²) in [5, 5.41) is 6.20. The standard InChI is InChI=1S/C21H24N2O4/c1-26-18-11-7-15(8-12-18)20(14-3-4-14)23-19(24)13-22-17-9-5-16(6-10-17)21(25)27-2/h5-12,14,20,22H,3-4,13H2,1-2H3,(H,23,24). The van der Waals surface area contributed by atoms with Gasteiger partial charge in [-0.1, -0.05) is 12.1 Å². The second kappa shape index (κ2) is 8.58. The van der Waals surface area contributed by atoms with Gasteiger partial charge in [-0.3, -0.25) is 4.79 Å². The normalized spacial score (nSPS) is 14.1. The number of carbonyl (C=O) groups is 2. The molecule has 142 valence electrons. The number of anilines is 1. The van der Waals surface area contributed by atoms with Crippen molar-refractivity contribution >= 4 is 17.6 Å². The number of nitrogens with one attached hydrogen (secondary N) is 2. The second-order valence-corrected chi connectivity index (χ2v) is 6.58. The predicted molar refractivity (Wildman–Crippen MR) is 103 cm³/mol. The summed E-state index contributed by atoms with van der Waals surface area (Å²) in [5.74, 6) is 0.837. The lowest BCUT2D eigenvalue weighted by Crippen LogP contribution is -2.34. The Morgan fingerprint density at radius 3 is 2.26 bits per heavy atom. The van der Waals surface area contributed by atoms with E-state index in [0.29, 0.717) is 11.5 Å². The number of esters is 1. The minimum atomic E-state index is -0.383. The molecule has 0 spiro atoms. The number of ether oxygens (including phenoxy) is 2. The van der Waals surface area contributed by atoms with E-state index in [2.05, 4.69) is 15.4 Å². The van der Waals surface area contributed by atoms with Crippen molar-refractivity contribution in [3.8, 4) is 5.75 Å². The number of hydrogen-bond donors (Lipinski definition) is 2. The molecule has 2 aromatic carbocycles. The molecule has 0 radical (unpaired) electrons. The van der Waals surface area contributed by atoms with E-state index < -0.39 is 0 Å². The molecule has 2 aromatic rings. The summed E-state index contributed by atoms with van der Waals surface area (Å²) in [6.45, 7) is 0.164. The Kier molecular flexibility index (Phi) is 5.96. The zero-order chi connectivity index (χ0) is 19.2. The van der Waals surface area contributed by atoms with Crippen LogP contribution in [0.25, 0.3) is 0 Å². The van der Waals surface area contributed by atoms with Gasteiger partial charge in [-0.2, -0.15) is 0 Å². The Morgan fingerprint density at radius 1 is 1.04 bits per heavy atom. The van der Waals surface area contributed by atoms with E-state index in [9.17, 15) is 9.59 Å². The van der Waals surface area contributed by atoms with Gasteiger partial charge in [-0.15, -0.1) is 0 Å². The summed E-state index contributed by atoms with van der Waals surface area (Å²) in [4.78, 5) is 23.8. The number of carbonyl (C=O) groups excluding carboxylic acids is 2. The van der Waals surface area contributed by atoms with Crippen LogP contribution in [0.4, 0.5) is 5.69 Å². The first-order valence-electron chi connectivity index (χ1n) is 8.96. The van der Waals surface area contributed by atoms with Crippen molar-refractivity contribution in [1.82, 2.24) is 5.32 Å². The maximum atomic E-state index is 12.4. The van der Waals surface area contributed by atoms with Crippen molar-refractivity contribution in [3.05, 3.63) is 59.7 Å². The fourth-order valence-corrected chi connectivity index (χ4v) is 2.96. The monoisotopic (exact) mass is 368 g/mol. The average Bonchev–Trinajstić information content (AvgIpc) is 3.55. The second-order valence-electron chi connectivity index (χ2n) is 6.58. The molecule has 0 bridgehead atoms. The van der Waals surface area contributed by atoms with E-state index >= 15 is 0 Å². The van der Waals surface area contributed by atoms with Crippen LogP contribution < -0.4 is 15.4 Å². The molecule has 1 fully saturated rings. The van der Waals surface area contributed by atoms with Gasteiger partial charge in [-0.05, 0) is 60.7 Å². The fourth-order valence-electron chi connectivity index (χ4n) is 2.96. The first-order chi connectivity index (χ1) is 13.1. The van der Waals surface area contributed by atoms with Crippen molar-refractivity contribution in [2.45, 2.75) is 18.9 Å². The van der Waals surface area contributed by atoms with Crippen LogP contribution in [-0.2, 0) is 9.53 Å². The van der Waals surface area contributed by atoms with Crippen LogP contribution in [0.1, 0.15) is 34.8 Å². The van der Waals surface area contributed by atoms with E-state index in [4.69, 9.17) is 4.74 Å². The van der Waals surface area contributed by atoms with Crippen LogP contribution in [0.15, 0.2) is 48.5 Å². The number of benzene rings is 2. The summed E-state index contributed by atoms with van der Waals surface area (Å²) >= 11 is 0. The molecule has 1 amide bonds. The highest BCUT2D eigenvalue weighted by Crippen LogP contribution is 2.41. The highest BCUT2D eigenvalue weighted by molar-refractivity contribution is 5.89. The highest BCUT2D eigenvalue weighted by atomic mass is 16.5. The van der Waals surface area contributed by atoms with Gasteiger partial charge in [0.1, 0.15) is 5.75 Å². The van der Waals surface area contributed by atoms with Crippen molar-refractivity contribution in [2.24, 2.45) is 5.92 Å². The molecule has 27 heavy (non-hydrogen) atoms. The molecule has 0 heterocycles. The lowest BCUT2D eigenvalue weighted by atomic mass is 10.0. The average molecular weight is 368 g/mol. The van der Waals surface area contributed by atoms with E-state index in [1.165, 1.54) is 7.11 Å². The van der Waals surface area contributed by atoms with Gasteiger partial charge in [0, 0.05) is 5.69 Å². The van der Waals surface area contributed by atoms with Crippen LogP contribution in [-0.4, -0.2) is 32.6 Å². The van der Waals surface area contributed by atoms with E-state index in [-0.39, 0.29) is 24.5 Å². The van der Waals surface area contributed by atoms with Gasteiger partial charge >= 0.3 is 5.97 Å². The van der Waals surface area contributed by atoms with Crippen LogP contribution >= 0.6 is 0 Å². The van der Waals surface area contributed by atoms with E-state index in [0.717, 1.165) is 29.8 Å². The van der Waals surface area contributed by atoms with Crippen molar-refractivity contribution in [2.75, 3.05) is 26.1 Å². The van der Waals surface area contributed by atoms with Crippen LogP contribution in [0, 0.1) is 5.92 Å². The van der Waals surface area contributed by atoms with Gasteiger partial charge in [0.25, 0.3) is 0 Å². The lowest BCUT2D eigenvalue weighted by Gasteiger charge is -2.19. The van der Waals surface area contributed by atoms with Crippen molar-refractivity contribution in [1.29, 1.82) is 0 Å². The third-order valence-electron chi connectivity index (χ3n) is 4.64. The van der Waals surface area contributed by atoms with Crippen molar-refractivity contribution < 1.29 is 19.1 Å². The molecule has 1 atom stereocenters. The molecule has 6 heteroatoms. The molecule has 1 aliphatic rings. The highest BCUT2D eigenvalue weighted by Gasteiger charge is 2.33. The van der Waals surface area contributed by atoms with Gasteiger partial charge in [0.15, 0.2) is 0 Å². The molecular weight excluding hydrogens is 344 g/mol. The Morgan fingerprint density at radius 2 is 1.70 bits per heavy atom. The largest absolute Gasteiger partial charge is 0.497 e. The number of amides is 1. The molecule has 2 N–H and O–H groups in total. The number of methoxy groups -OCH3 is 2. The molecule has 1 unspecified atom stereocenters. The molecule has 1 aliphatic carbocycles. The molecule has 0 aliphatic heterocycles. The smallest absolute Gasteiger partial charge is 0.337 e. The first-order valence-corrected chi connectivity index (χ1v) is 8.96. The molecule has 0 aromatic heterocycles. The molecule has 6 nitrogen and oxygen atoms in total. The summed E-state index contributed by atoms with van der Waals surface area (Å²) in [7, 11) is 2.98. The zero-order valence-corrected chi connectivity index (χ0v) is 15.5. The number of hydrogen-bond acceptors (Lipinski definition) is 5. The summed E-state index contributed by atoms with van der Waals surface area (Å²) < 4.78 is 9.87. The summed E-state index contributed by atoms with van der Waals surface area (Å²) in [5.41, 5.74) is 2.33. The van der Waals surface area contributed by atoms with Gasteiger partial charge < -0.3 is 20.1 Å². The third kappa shape index (κ3) is 5.00. The Balaban J connectivity index is 1.56. The Hall–Kier alpha value is -3.02. The quantitative estimate of drug-likeness (QED) is 0.700. The van der Waals surface area contributed by atoms with Crippen LogP contribution in [0.2, 0.25) is 0 Å². The van der Waals surface area contributed by atoms with Gasteiger partial charge in [0.05, 0.1) is 32.4 Å². The molecule has 0 saturated heterocycles. The number of rotatable bonds is 8. The first kappa shape index (κ1) is 18.8. The maximum Gasteiger partial charge on any atom is 0.337 e. The predicted octanol–water partition coefficient (Wildman–Crippen LogP) is 3.16. The van der Waals surface area contributed by atoms with E-state index in [1.54, 1.807) is 31.4 Å². The third-order valence-corrected chi connectivity index (χ3v) is 4.64. The van der Waals surface area contributed by atoms with Gasteiger partial charge in [0.2, 0.25) is 5.91 Å². The Bertz CT molecular complexity index is 783. The van der Waals surface area contributed by atoms with Crippen molar-refractivity contribution in [3.63, 3.8) is 0 Å². The maximum absolute atomic E-state index is 12.4. The minimum absolute atomic E-state index is 0.0203. The molecule has 3 rings (SSSR count). The van der Waals surface area contributed by atoms with Crippen LogP contribution in [0.5, 0.6) is 5.75 Å². The Labute approximate surface area is 158 Å². The van der Waals surface area contributed by atoms with Crippen LogP contribution in [0.3, 0.4) is 0 Å². The molecule has 1 saturated carbocycles. The van der Waals surface area contributed by atoms with Gasteiger partial charge in [-0.25, -0.2) is 4.79 Å².